The number of hydrogen-bond donors (Lipinski definition) is 3. The smallest absolute Gasteiger partial charge is 0.306 e. The summed E-state index contributed by atoms with van der Waals surface area (Å²) in [5.41, 5.74) is 8.47. The van der Waals surface area contributed by atoms with E-state index in [2.05, 4.69) is 17.0 Å². The maximum absolute atomic E-state index is 13.7. The number of benzene rings is 2. The number of nitrogens with zero attached hydrogens (tertiary/aromatic N) is 2. The molecule has 2 aromatic carbocycles. The molecule has 0 spiro atoms. The van der Waals surface area contributed by atoms with Gasteiger partial charge in [-0.2, -0.15) is 0 Å². The molecule has 2 aliphatic rings. The van der Waals surface area contributed by atoms with Gasteiger partial charge >= 0.3 is 5.97 Å². The lowest BCUT2D eigenvalue weighted by molar-refractivity contribution is -0.144. The molecule has 1 heterocycles. The number of nitrogen functional groups attached to an aromatic ring is 1. The van der Waals surface area contributed by atoms with Crippen molar-refractivity contribution in [1.82, 2.24) is 4.90 Å². The van der Waals surface area contributed by atoms with Crippen LogP contribution in [0.15, 0.2) is 54.6 Å². The van der Waals surface area contributed by atoms with Gasteiger partial charge in [-0.05, 0) is 68.4 Å². The van der Waals surface area contributed by atoms with E-state index in [1.165, 1.54) is 0 Å². The van der Waals surface area contributed by atoms with Crippen molar-refractivity contribution in [3.8, 4) is 0 Å². The summed E-state index contributed by atoms with van der Waals surface area (Å²) in [7, 11) is 0. The fourth-order valence-corrected chi connectivity index (χ4v) is 5.27. The molecule has 1 aliphatic heterocycles. The topological polar surface area (TPSA) is 111 Å². The first kappa shape index (κ1) is 23.8. The number of carbonyl (C=O) groups is 2. The molecule has 1 saturated heterocycles. The Morgan fingerprint density at radius 2 is 1.53 bits per heavy atom. The highest BCUT2D eigenvalue weighted by Crippen LogP contribution is 2.32. The molecule has 2 aromatic rings. The molecule has 1 aliphatic carbocycles. The first-order valence-corrected chi connectivity index (χ1v) is 12.2. The molecule has 0 radical (unpaired) electrons. The van der Waals surface area contributed by atoms with Gasteiger partial charge in [0.1, 0.15) is 5.84 Å². The number of nitrogens with two attached hydrogens (primary N) is 1. The zero-order chi connectivity index (χ0) is 24.1. The van der Waals surface area contributed by atoms with Gasteiger partial charge in [-0.25, -0.2) is 0 Å². The zero-order valence-electron chi connectivity index (χ0n) is 19.5. The number of aliphatic carboxylic acids is 1. The lowest BCUT2D eigenvalue weighted by Crippen LogP contribution is -2.47. The summed E-state index contributed by atoms with van der Waals surface area (Å²) >= 11 is 0. The number of carboxylic acid groups (broad SMARTS) is 1. The van der Waals surface area contributed by atoms with Gasteiger partial charge in [-0.15, -0.1) is 0 Å². The molecule has 2 fully saturated rings. The van der Waals surface area contributed by atoms with Gasteiger partial charge in [0.15, 0.2) is 0 Å². The summed E-state index contributed by atoms with van der Waals surface area (Å²) in [5, 5.41) is 16.9. The van der Waals surface area contributed by atoms with Crippen molar-refractivity contribution in [1.29, 1.82) is 5.41 Å². The molecular formula is C27H34N4O3. The Hall–Kier alpha value is -3.35. The van der Waals surface area contributed by atoms with Gasteiger partial charge in [0.2, 0.25) is 5.91 Å². The van der Waals surface area contributed by atoms with Crippen LogP contribution in [0.2, 0.25) is 0 Å². The molecule has 1 amide bonds. The third-order valence-electron chi connectivity index (χ3n) is 7.35. The third-order valence-corrected chi connectivity index (χ3v) is 7.35. The van der Waals surface area contributed by atoms with Gasteiger partial charge in [0.05, 0.1) is 5.92 Å². The van der Waals surface area contributed by atoms with Crippen LogP contribution in [0.4, 0.5) is 5.69 Å². The zero-order valence-corrected chi connectivity index (χ0v) is 19.5. The number of piperidine rings is 1. The van der Waals surface area contributed by atoms with Gasteiger partial charge in [0.25, 0.3) is 0 Å². The molecule has 4 rings (SSSR count). The van der Waals surface area contributed by atoms with E-state index in [-0.39, 0.29) is 29.6 Å². The number of carboxylic acids is 1. The highest BCUT2D eigenvalue weighted by Gasteiger charge is 2.35. The number of rotatable bonds is 7. The van der Waals surface area contributed by atoms with Crippen molar-refractivity contribution in [2.45, 2.75) is 51.1 Å². The van der Waals surface area contributed by atoms with Crippen LogP contribution in [0.3, 0.4) is 0 Å². The molecule has 0 bridgehead atoms. The second-order valence-electron chi connectivity index (χ2n) is 9.52. The van der Waals surface area contributed by atoms with Gasteiger partial charge < -0.3 is 20.6 Å². The average molecular weight is 463 g/mol. The lowest BCUT2D eigenvalue weighted by atomic mass is 9.84. The van der Waals surface area contributed by atoms with Crippen LogP contribution in [-0.2, 0) is 16.1 Å². The van der Waals surface area contributed by atoms with Crippen LogP contribution in [-0.4, -0.2) is 46.8 Å². The van der Waals surface area contributed by atoms with Crippen LogP contribution < -0.4 is 10.6 Å². The summed E-state index contributed by atoms with van der Waals surface area (Å²) in [6.45, 7) is 2.19. The molecule has 0 aromatic heterocycles. The lowest BCUT2D eigenvalue weighted by Gasteiger charge is -2.40. The predicted molar refractivity (Wildman–Crippen MR) is 133 cm³/mol. The standard InChI is InChI=1S/C27H34N4O3/c28-25(29)20-6-10-23(11-7-20)30-16-14-21(15-17-30)26(32)31(18-19-4-2-1-3-5-19)24-12-8-22(9-13-24)27(33)34/h1-7,10-11,21-22,24H,8-9,12-18H2,(H3,28,29)(H,33,34)/t22-,24-. The molecule has 0 atom stereocenters. The Balaban J connectivity index is 1.42. The van der Waals surface area contributed by atoms with Crippen molar-refractivity contribution < 1.29 is 14.7 Å². The highest BCUT2D eigenvalue weighted by atomic mass is 16.4. The number of anilines is 1. The molecule has 7 nitrogen and oxygen atoms in total. The summed E-state index contributed by atoms with van der Waals surface area (Å²) < 4.78 is 0. The monoisotopic (exact) mass is 462 g/mol. The highest BCUT2D eigenvalue weighted by molar-refractivity contribution is 5.95. The van der Waals surface area contributed by atoms with E-state index in [0.29, 0.717) is 24.9 Å². The van der Waals surface area contributed by atoms with Crippen molar-refractivity contribution in [2.75, 3.05) is 18.0 Å². The van der Waals surface area contributed by atoms with Crippen LogP contribution in [0, 0.1) is 17.2 Å². The molecule has 180 valence electrons. The number of nitrogens with one attached hydrogen (secondary N) is 1. The summed E-state index contributed by atoms with van der Waals surface area (Å²) in [6, 6.07) is 17.9. The number of amides is 1. The first-order valence-electron chi connectivity index (χ1n) is 12.2. The first-order chi connectivity index (χ1) is 16.4. The normalized spacial score (nSPS) is 21.1. The van der Waals surface area contributed by atoms with Crippen molar-refractivity contribution >= 4 is 23.4 Å². The fourth-order valence-electron chi connectivity index (χ4n) is 5.27. The van der Waals surface area contributed by atoms with Crippen LogP contribution >= 0.6 is 0 Å². The minimum atomic E-state index is -0.719. The summed E-state index contributed by atoms with van der Waals surface area (Å²) in [6.07, 6.45) is 4.35. The molecule has 7 heteroatoms. The maximum Gasteiger partial charge on any atom is 0.306 e. The minimum Gasteiger partial charge on any atom is -0.481 e. The summed E-state index contributed by atoms with van der Waals surface area (Å²) in [5.74, 6) is -0.764. The Labute approximate surface area is 201 Å². The second-order valence-corrected chi connectivity index (χ2v) is 9.52. The molecule has 1 saturated carbocycles. The minimum absolute atomic E-state index is 0.0198. The Morgan fingerprint density at radius 1 is 0.912 bits per heavy atom. The fraction of sp³-hybridized carbons (Fsp3) is 0.444. The van der Waals surface area contributed by atoms with E-state index in [0.717, 1.165) is 50.0 Å². The van der Waals surface area contributed by atoms with Crippen molar-refractivity contribution in [2.24, 2.45) is 17.6 Å². The van der Waals surface area contributed by atoms with Crippen molar-refractivity contribution in [3.63, 3.8) is 0 Å². The SMILES string of the molecule is N=C(N)c1ccc(N2CCC(C(=O)N(Cc3ccccc3)[C@H]3CC[C@H](C(=O)O)CC3)CC2)cc1. The average Bonchev–Trinajstić information content (AvgIpc) is 2.88. The molecule has 4 N–H and O–H groups in total. The molecular weight excluding hydrogens is 428 g/mol. The van der Waals surface area contributed by atoms with E-state index >= 15 is 0 Å². The number of carbonyl (C=O) groups excluding carboxylic acids is 1. The van der Waals surface area contributed by atoms with Crippen LogP contribution in [0.1, 0.15) is 49.7 Å². The van der Waals surface area contributed by atoms with E-state index in [1.54, 1.807) is 0 Å². The van der Waals surface area contributed by atoms with Gasteiger partial charge in [-0.3, -0.25) is 15.0 Å². The Kier molecular flexibility index (Phi) is 7.50. The number of hydrogen-bond acceptors (Lipinski definition) is 4. The van der Waals surface area contributed by atoms with E-state index < -0.39 is 5.97 Å². The largest absolute Gasteiger partial charge is 0.481 e. The quantitative estimate of drug-likeness (QED) is 0.427. The second kappa shape index (κ2) is 10.7. The predicted octanol–water partition coefficient (Wildman–Crippen LogP) is 3.86. The van der Waals surface area contributed by atoms with E-state index in [4.69, 9.17) is 11.1 Å². The third kappa shape index (κ3) is 5.58. The summed E-state index contributed by atoms with van der Waals surface area (Å²) in [4.78, 5) is 29.5. The van der Waals surface area contributed by atoms with Crippen molar-refractivity contribution in [3.05, 3.63) is 65.7 Å². The van der Waals surface area contributed by atoms with Crippen LogP contribution in [0.25, 0.3) is 0 Å². The maximum atomic E-state index is 13.7. The molecule has 0 unspecified atom stereocenters. The van der Waals surface area contributed by atoms with Crippen LogP contribution in [0.5, 0.6) is 0 Å². The van der Waals surface area contributed by atoms with Gasteiger partial charge in [-0.1, -0.05) is 30.3 Å². The molecule has 34 heavy (non-hydrogen) atoms. The van der Waals surface area contributed by atoms with E-state index in [1.807, 2.05) is 47.4 Å². The van der Waals surface area contributed by atoms with E-state index in [9.17, 15) is 14.7 Å². The van der Waals surface area contributed by atoms with Gasteiger partial charge in [0, 0.05) is 42.8 Å². The number of amidine groups is 1. The Bertz CT molecular complexity index is 992. The Morgan fingerprint density at radius 3 is 2.09 bits per heavy atom.